The molecule has 4 heterocycles. The van der Waals surface area contributed by atoms with Gasteiger partial charge in [0.05, 0.1) is 36.6 Å². The van der Waals surface area contributed by atoms with Crippen molar-refractivity contribution >= 4 is 22.2 Å². The summed E-state index contributed by atoms with van der Waals surface area (Å²) in [5, 5.41) is 0. The first kappa shape index (κ1) is 18.2. The largest absolute Gasteiger partial charge is 0.479 e. The van der Waals surface area contributed by atoms with Gasteiger partial charge in [-0.15, -0.1) is 0 Å². The van der Waals surface area contributed by atoms with Crippen molar-refractivity contribution in [2.24, 2.45) is 0 Å². The van der Waals surface area contributed by atoms with Crippen molar-refractivity contribution < 1.29 is 13.5 Å². The van der Waals surface area contributed by atoms with E-state index in [1.54, 1.807) is 26.3 Å². The van der Waals surface area contributed by atoms with Gasteiger partial charge in [-0.1, -0.05) is 12.1 Å². The number of methoxy groups -OCH3 is 1. The van der Waals surface area contributed by atoms with Crippen LogP contribution >= 0.6 is 0 Å². The van der Waals surface area contributed by atoms with Gasteiger partial charge < -0.3 is 13.9 Å². The van der Waals surface area contributed by atoms with Gasteiger partial charge in [-0.2, -0.15) is 4.98 Å². The molecule has 0 atom stereocenters. The fourth-order valence-electron chi connectivity index (χ4n) is 3.59. The van der Waals surface area contributed by atoms with Gasteiger partial charge in [0.2, 0.25) is 5.88 Å². The van der Waals surface area contributed by atoms with Gasteiger partial charge >= 0.3 is 0 Å². The predicted octanol–water partition coefficient (Wildman–Crippen LogP) is 3.81. The normalized spacial score (nSPS) is 11.5. The molecule has 0 aliphatic rings. The molecule has 1 aromatic carbocycles. The number of hydrogen-bond donors (Lipinski definition) is 0. The Morgan fingerprint density at radius 3 is 2.80 bits per heavy atom. The van der Waals surface area contributed by atoms with Crippen LogP contribution in [0.15, 0.2) is 49.1 Å². The number of imidazole rings is 1. The Labute approximate surface area is 169 Å². The molecule has 0 unspecified atom stereocenters. The quantitative estimate of drug-likeness (QED) is 0.454. The second kappa shape index (κ2) is 6.87. The lowest BCUT2D eigenvalue weighted by Crippen LogP contribution is -2.05. The van der Waals surface area contributed by atoms with Crippen LogP contribution in [0.2, 0.25) is 0 Å². The number of aryl methyl sites for hydroxylation is 1. The smallest absolute Gasteiger partial charge is 0.241 e. The van der Waals surface area contributed by atoms with Crippen molar-refractivity contribution in [3.05, 3.63) is 72.1 Å². The van der Waals surface area contributed by atoms with Crippen molar-refractivity contribution in [1.82, 2.24) is 29.1 Å². The molecule has 0 saturated heterocycles. The van der Waals surface area contributed by atoms with Gasteiger partial charge in [-0.3, -0.25) is 0 Å². The Bertz CT molecular complexity index is 1410. The third-order valence-electron chi connectivity index (χ3n) is 5.05. The molecule has 30 heavy (non-hydrogen) atoms. The third kappa shape index (κ3) is 2.78. The van der Waals surface area contributed by atoms with Crippen molar-refractivity contribution in [2.45, 2.75) is 13.5 Å². The lowest BCUT2D eigenvalue weighted by molar-refractivity contribution is 0.401. The van der Waals surface area contributed by atoms with Gasteiger partial charge in [0.1, 0.15) is 17.7 Å². The van der Waals surface area contributed by atoms with E-state index in [-0.39, 0.29) is 12.1 Å². The molecule has 0 spiro atoms. The summed E-state index contributed by atoms with van der Waals surface area (Å²) >= 11 is 0. The van der Waals surface area contributed by atoms with Crippen LogP contribution in [0, 0.1) is 18.6 Å². The Hall–Kier alpha value is -3.88. The molecule has 7 nitrogen and oxygen atoms in total. The maximum Gasteiger partial charge on any atom is 0.241 e. The molecule has 0 amide bonds. The number of rotatable bonds is 4. The maximum absolute atomic E-state index is 14.2. The summed E-state index contributed by atoms with van der Waals surface area (Å²) in [7, 11) is 1.55. The average molecular weight is 406 g/mol. The summed E-state index contributed by atoms with van der Waals surface area (Å²) in [5.74, 6) is -0.645. The van der Waals surface area contributed by atoms with Crippen LogP contribution in [-0.4, -0.2) is 36.2 Å². The highest BCUT2D eigenvalue weighted by Crippen LogP contribution is 2.27. The summed E-state index contributed by atoms with van der Waals surface area (Å²) in [5.41, 5.74) is 3.64. The molecular formula is C21H16F2N6O. The molecule has 5 rings (SSSR count). The van der Waals surface area contributed by atoms with Gasteiger partial charge in [-0.25, -0.2) is 23.7 Å². The summed E-state index contributed by atoms with van der Waals surface area (Å²) in [6, 6.07) is 7.90. The lowest BCUT2D eigenvalue weighted by atomic mass is 10.2. The highest BCUT2D eigenvalue weighted by molar-refractivity contribution is 5.83. The van der Waals surface area contributed by atoms with E-state index in [4.69, 9.17) is 4.74 Å². The number of ether oxygens (including phenoxy) is 1. The van der Waals surface area contributed by atoms with E-state index in [0.717, 1.165) is 17.3 Å². The zero-order chi connectivity index (χ0) is 20.8. The van der Waals surface area contributed by atoms with E-state index in [0.29, 0.717) is 28.4 Å². The number of nitrogens with zero attached hydrogens (tertiary/aromatic N) is 6. The third-order valence-corrected chi connectivity index (χ3v) is 5.05. The highest BCUT2D eigenvalue weighted by atomic mass is 19.2. The van der Waals surface area contributed by atoms with E-state index in [1.165, 1.54) is 12.4 Å². The highest BCUT2D eigenvalue weighted by Gasteiger charge is 2.16. The predicted molar refractivity (Wildman–Crippen MR) is 107 cm³/mol. The minimum Gasteiger partial charge on any atom is -0.479 e. The van der Waals surface area contributed by atoms with Gasteiger partial charge in [0.15, 0.2) is 17.3 Å². The first-order chi connectivity index (χ1) is 14.6. The Balaban J connectivity index is 1.67. The number of aromatic nitrogens is 6. The fraction of sp³-hybridized carbons (Fsp3) is 0.143. The molecule has 0 aliphatic heterocycles. The SMILES string of the molecule is COc1ncnc2ccn(-c3cnc4nc(C)n(Cc5cccc(F)c5F)c4c3)c12. The number of pyridine rings is 1. The van der Waals surface area contributed by atoms with E-state index in [9.17, 15) is 8.78 Å². The standard InChI is InChI=1S/C21H16F2N6O/c1-12-27-20-17(29(12)10-13-4-3-5-15(22)18(13)23)8-14(9-24-20)28-7-6-16-19(28)21(30-2)26-11-25-16/h3-9,11H,10H2,1-2H3. The van der Waals surface area contributed by atoms with E-state index < -0.39 is 11.6 Å². The molecule has 0 aliphatic carbocycles. The summed E-state index contributed by atoms with van der Waals surface area (Å²) in [6.07, 6.45) is 4.98. The van der Waals surface area contributed by atoms with Crippen molar-refractivity contribution in [3.63, 3.8) is 0 Å². The molecule has 0 bridgehead atoms. The van der Waals surface area contributed by atoms with Crippen molar-refractivity contribution in [1.29, 1.82) is 0 Å². The molecule has 0 saturated carbocycles. The second-order valence-corrected chi connectivity index (χ2v) is 6.80. The van der Waals surface area contributed by atoms with E-state index >= 15 is 0 Å². The number of benzene rings is 1. The summed E-state index contributed by atoms with van der Waals surface area (Å²) in [4.78, 5) is 17.4. The summed E-state index contributed by atoms with van der Waals surface area (Å²) < 4.78 is 36.9. The Morgan fingerprint density at radius 1 is 1.10 bits per heavy atom. The molecule has 0 radical (unpaired) electrons. The van der Waals surface area contributed by atoms with Crippen LogP contribution in [0.3, 0.4) is 0 Å². The monoisotopic (exact) mass is 406 g/mol. The van der Waals surface area contributed by atoms with Gasteiger partial charge in [-0.05, 0) is 25.1 Å². The van der Waals surface area contributed by atoms with Crippen LogP contribution in [0.25, 0.3) is 27.9 Å². The van der Waals surface area contributed by atoms with Crippen LogP contribution in [0.1, 0.15) is 11.4 Å². The minimum atomic E-state index is -0.876. The molecule has 4 aromatic heterocycles. The first-order valence-electron chi connectivity index (χ1n) is 9.19. The average Bonchev–Trinajstić information content (AvgIpc) is 3.32. The number of fused-ring (bicyclic) bond motifs is 2. The van der Waals surface area contributed by atoms with Gasteiger partial charge in [0, 0.05) is 11.8 Å². The molecule has 150 valence electrons. The maximum atomic E-state index is 14.2. The number of hydrogen-bond acceptors (Lipinski definition) is 5. The van der Waals surface area contributed by atoms with Crippen LogP contribution in [0.5, 0.6) is 5.88 Å². The van der Waals surface area contributed by atoms with Crippen molar-refractivity contribution in [2.75, 3.05) is 7.11 Å². The minimum absolute atomic E-state index is 0.135. The number of halogens is 2. The lowest BCUT2D eigenvalue weighted by Gasteiger charge is -2.10. The van der Waals surface area contributed by atoms with Crippen LogP contribution in [0.4, 0.5) is 8.78 Å². The Morgan fingerprint density at radius 2 is 1.97 bits per heavy atom. The zero-order valence-corrected chi connectivity index (χ0v) is 16.2. The first-order valence-corrected chi connectivity index (χ1v) is 9.19. The van der Waals surface area contributed by atoms with Crippen LogP contribution < -0.4 is 4.74 Å². The van der Waals surface area contributed by atoms with Gasteiger partial charge in [0.25, 0.3) is 0 Å². The van der Waals surface area contributed by atoms with E-state index in [2.05, 4.69) is 19.9 Å². The fourth-order valence-corrected chi connectivity index (χ4v) is 3.59. The molecule has 0 N–H and O–H groups in total. The van der Waals surface area contributed by atoms with Crippen LogP contribution in [-0.2, 0) is 6.54 Å². The topological polar surface area (TPSA) is 70.7 Å². The molecule has 9 heteroatoms. The Kier molecular flexibility index (Phi) is 4.16. The second-order valence-electron chi connectivity index (χ2n) is 6.80. The molecule has 5 aromatic rings. The van der Waals surface area contributed by atoms with E-state index in [1.807, 2.05) is 27.5 Å². The molecular weight excluding hydrogens is 390 g/mol. The zero-order valence-electron chi connectivity index (χ0n) is 16.2. The molecule has 0 fully saturated rings. The summed E-state index contributed by atoms with van der Waals surface area (Å²) in [6.45, 7) is 1.94. The van der Waals surface area contributed by atoms with Crippen molar-refractivity contribution in [3.8, 4) is 11.6 Å².